The van der Waals surface area contributed by atoms with E-state index >= 15 is 0 Å². The van der Waals surface area contributed by atoms with Crippen molar-refractivity contribution in [1.29, 1.82) is 0 Å². The van der Waals surface area contributed by atoms with E-state index < -0.39 is 16.6 Å². The predicted molar refractivity (Wildman–Crippen MR) is 149 cm³/mol. The van der Waals surface area contributed by atoms with Gasteiger partial charge >= 0.3 is 0 Å². The van der Waals surface area contributed by atoms with Gasteiger partial charge in [-0.25, -0.2) is 0 Å². The van der Waals surface area contributed by atoms with Gasteiger partial charge in [0.15, 0.2) is 5.78 Å². The maximum atomic E-state index is 13.5. The summed E-state index contributed by atoms with van der Waals surface area (Å²) in [5, 5.41) is 21.7. The number of non-ortho nitro benzene ring substituents is 1. The summed E-state index contributed by atoms with van der Waals surface area (Å²) in [5.74, 6) is -1.88. The monoisotopic (exact) mass is 526 g/mol. The first-order valence-corrected chi connectivity index (χ1v) is 13.8. The molecule has 8 heteroatoms. The molecule has 0 aliphatic rings. The number of nitro benzene ring substituents is 1. The average Bonchev–Trinajstić information content (AvgIpc) is 2.92. The number of unbranched alkanes of at least 4 members (excludes halogenated alkanes) is 3. The van der Waals surface area contributed by atoms with Crippen LogP contribution in [0.3, 0.4) is 0 Å². The van der Waals surface area contributed by atoms with Gasteiger partial charge in [-0.05, 0) is 69.1 Å². The van der Waals surface area contributed by atoms with Crippen molar-refractivity contribution in [2.24, 2.45) is 0 Å². The summed E-state index contributed by atoms with van der Waals surface area (Å²) in [4.78, 5) is 39.7. The standard InChI is InChI=1S/C30H42N2O6/c1-4-7-11-28(34)29(26-22-24(32(36)37)14-17-27(26)33)30(35)23-12-15-25(16-13-23)38-21-10-20-31(18-8-5-2)19-9-6-3/h12-17,22,29,33H,4-11,18-21H2,1-3H3. The molecule has 0 amide bonds. The molecule has 8 nitrogen and oxygen atoms in total. The number of hydrogen-bond donors (Lipinski definition) is 1. The van der Waals surface area contributed by atoms with Gasteiger partial charge in [0.2, 0.25) is 0 Å². The molecule has 1 atom stereocenters. The zero-order chi connectivity index (χ0) is 27.9. The van der Waals surface area contributed by atoms with E-state index in [4.69, 9.17) is 4.74 Å². The van der Waals surface area contributed by atoms with Crippen LogP contribution >= 0.6 is 0 Å². The Kier molecular flexibility index (Phi) is 13.5. The minimum atomic E-state index is -1.31. The van der Waals surface area contributed by atoms with Crippen molar-refractivity contribution in [3.63, 3.8) is 0 Å². The maximum absolute atomic E-state index is 13.5. The highest BCUT2D eigenvalue weighted by atomic mass is 16.6. The van der Waals surface area contributed by atoms with Crippen molar-refractivity contribution in [2.75, 3.05) is 26.2 Å². The number of benzene rings is 2. The van der Waals surface area contributed by atoms with E-state index in [0.29, 0.717) is 18.8 Å². The molecule has 2 aromatic rings. The second-order valence-corrected chi connectivity index (χ2v) is 9.64. The lowest BCUT2D eigenvalue weighted by atomic mass is 9.84. The van der Waals surface area contributed by atoms with Crippen LogP contribution in [0.4, 0.5) is 5.69 Å². The molecule has 0 spiro atoms. The van der Waals surface area contributed by atoms with Crippen LogP contribution in [0.25, 0.3) is 0 Å². The number of hydrogen-bond acceptors (Lipinski definition) is 7. The van der Waals surface area contributed by atoms with Gasteiger partial charge in [-0.2, -0.15) is 0 Å². The Labute approximate surface area is 226 Å². The Bertz CT molecular complexity index is 1030. The number of carbonyl (C=O) groups excluding carboxylic acids is 2. The van der Waals surface area contributed by atoms with Crippen molar-refractivity contribution in [2.45, 2.75) is 78.1 Å². The Morgan fingerprint density at radius 3 is 2.11 bits per heavy atom. The number of carbonyl (C=O) groups is 2. The lowest BCUT2D eigenvalue weighted by Gasteiger charge is -2.21. The number of Topliss-reactive ketones (excluding diaryl/α,β-unsaturated/α-hetero) is 2. The minimum Gasteiger partial charge on any atom is -0.508 e. The van der Waals surface area contributed by atoms with Crippen molar-refractivity contribution < 1.29 is 24.4 Å². The van der Waals surface area contributed by atoms with Gasteiger partial charge in [-0.3, -0.25) is 19.7 Å². The fourth-order valence-electron chi connectivity index (χ4n) is 4.30. The number of nitrogens with zero attached hydrogens (tertiary/aromatic N) is 2. The van der Waals surface area contributed by atoms with Crippen LogP contribution in [0.1, 0.15) is 94.0 Å². The van der Waals surface area contributed by atoms with E-state index in [1.807, 2.05) is 6.92 Å². The van der Waals surface area contributed by atoms with Crippen LogP contribution in [-0.2, 0) is 4.79 Å². The minimum absolute atomic E-state index is 0.0404. The van der Waals surface area contributed by atoms with Crippen molar-refractivity contribution in [3.05, 3.63) is 63.7 Å². The fourth-order valence-corrected chi connectivity index (χ4v) is 4.30. The Balaban J connectivity index is 2.10. The summed E-state index contributed by atoms with van der Waals surface area (Å²) in [6.07, 6.45) is 7.12. The van der Waals surface area contributed by atoms with Gasteiger partial charge in [0.05, 0.1) is 11.5 Å². The maximum Gasteiger partial charge on any atom is 0.270 e. The van der Waals surface area contributed by atoms with Crippen LogP contribution in [0, 0.1) is 10.1 Å². The number of ketones is 2. The molecule has 0 heterocycles. The first kappa shape index (κ1) is 31.0. The molecule has 2 aromatic carbocycles. The number of nitro groups is 1. The molecule has 0 aromatic heterocycles. The molecule has 0 saturated carbocycles. The van der Waals surface area contributed by atoms with Crippen LogP contribution < -0.4 is 4.74 Å². The van der Waals surface area contributed by atoms with Gasteiger partial charge < -0.3 is 14.7 Å². The second kappa shape index (κ2) is 16.6. The van der Waals surface area contributed by atoms with Gasteiger partial charge in [-0.15, -0.1) is 0 Å². The van der Waals surface area contributed by atoms with E-state index in [2.05, 4.69) is 18.7 Å². The predicted octanol–water partition coefficient (Wildman–Crippen LogP) is 6.70. The molecule has 0 radical (unpaired) electrons. The molecule has 0 aliphatic heterocycles. The summed E-state index contributed by atoms with van der Waals surface area (Å²) in [5.41, 5.74) is -0.0460. The highest BCUT2D eigenvalue weighted by Crippen LogP contribution is 2.34. The zero-order valence-corrected chi connectivity index (χ0v) is 23.0. The summed E-state index contributed by atoms with van der Waals surface area (Å²) in [6.45, 7) is 10.1. The van der Waals surface area contributed by atoms with E-state index in [0.717, 1.165) is 50.7 Å². The van der Waals surface area contributed by atoms with Crippen LogP contribution in [-0.4, -0.2) is 52.7 Å². The molecule has 2 rings (SSSR count). The molecular weight excluding hydrogens is 484 g/mol. The van der Waals surface area contributed by atoms with Crippen LogP contribution in [0.5, 0.6) is 11.5 Å². The SMILES string of the molecule is CCCCC(=O)C(C(=O)c1ccc(OCCCN(CCCC)CCCC)cc1)c1cc([N+](=O)[O-])ccc1O. The molecule has 0 aliphatic carbocycles. The first-order valence-electron chi connectivity index (χ1n) is 13.8. The molecule has 0 saturated heterocycles. The van der Waals surface area contributed by atoms with Crippen LogP contribution in [0.2, 0.25) is 0 Å². The average molecular weight is 527 g/mol. The highest BCUT2D eigenvalue weighted by Gasteiger charge is 2.32. The van der Waals surface area contributed by atoms with Crippen LogP contribution in [0.15, 0.2) is 42.5 Å². The van der Waals surface area contributed by atoms with Gasteiger partial charge in [-0.1, -0.05) is 40.0 Å². The number of phenolic OH excluding ortho intramolecular Hbond substituents is 1. The summed E-state index contributed by atoms with van der Waals surface area (Å²) in [7, 11) is 0. The Morgan fingerprint density at radius 1 is 0.921 bits per heavy atom. The van der Waals surface area contributed by atoms with Crippen molar-refractivity contribution in [3.8, 4) is 11.5 Å². The fraction of sp³-hybridized carbons (Fsp3) is 0.533. The quantitative estimate of drug-likeness (QED) is 0.0713. The Hall–Kier alpha value is -3.26. The molecule has 1 N–H and O–H groups in total. The van der Waals surface area contributed by atoms with Crippen molar-refractivity contribution >= 4 is 17.3 Å². The molecule has 0 fully saturated rings. The van der Waals surface area contributed by atoms with E-state index in [1.165, 1.54) is 25.7 Å². The van der Waals surface area contributed by atoms with Gasteiger partial charge in [0.25, 0.3) is 5.69 Å². The molecule has 0 bridgehead atoms. The molecule has 38 heavy (non-hydrogen) atoms. The topological polar surface area (TPSA) is 110 Å². The number of rotatable bonds is 19. The molecular formula is C30H42N2O6. The third-order valence-corrected chi connectivity index (χ3v) is 6.58. The van der Waals surface area contributed by atoms with E-state index in [9.17, 15) is 24.8 Å². The third-order valence-electron chi connectivity index (χ3n) is 6.58. The Morgan fingerprint density at radius 2 is 1.53 bits per heavy atom. The van der Waals surface area contributed by atoms with Gasteiger partial charge in [0.1, 0.15) is 23.2 Å². The largest absolute Gasteiger partial charge is 0.508 e. The van der Waals surface area contributed by atoms with E-state index in [-0.39, 0.29) is 34.8 Å². The molecule has 1 unspecified atom stereocenters. The lowest BCUT2D eigenvalue weighted by molar-refractivity contribution is -0.384. The summed E-state index contributed by atoms with van der Waals surface area (Å²) in [6, 6.07) is 10.0. The van der Waals surface area contributed by atoms with E-state index in [1.54, 1.807) is 24.3 Å². The smallest absolute Gasteiger partial charge is 0.270 e. The van der Waals surface area contributed by atoms with Crippen molar-refractivity contribution in [1.82, 2.24) is 4.90 Å². The molecule has 208 valence electrons. The number of aromatic hydroxyl groups is 1. The third kappa shape index (κ3) is 9.56. The second-order valence-electron chi connectivity index (χ2n) is 9.64. The summed E-state index contributed by atoms with van der Waals surface area (Å²) < 4.78 is 5.89. The first-order chi connectivity index (χ1) is 18.3. The zero-order valence-electron chi connectivity index (χ0n) is 23.0. The highest BCUT2D eigenvalue weighted by molar-refractivity contribution is 6.15. The lowest BCUT2D eigenvalue weighted by Crippen LogP contribution is -2.28. The normalized spacial score (nSPS) is 11.9. The number of phenols is 1. The van der Waals surface area contributed by atoms with Gasteiger partial charge in [0, 0.05) is 36.2 Å². The number of ether oxygens (including phenoxy) is 1. The summed E-state index contributed by atoms with van der Waals surface area (Å²) >= 11 is 0.